The Hall–Kier alpha value is -2.12. The predicted molar refractivity (Wildman–Crippen MR) is 82.9 cm³/mol. The molecule has 7 nitrogen and oxygen atoms in total. The number of rotatable bonds is 6. The van der Waals surface area contributed by atoms with E-state index >= 15 is 0 Å². The third kappa shape index (κ3) is 4.44. The van der Waals surface area contributed by atoms with Crippen LogP contribution in [-0.4, -0.2) is 49.3 Å². The molecule has 0 aliphatic carbocycles. The molecule has 0 saturated carbocycles. The van der Waals surface area contributed by atoms with Gasteiger partial charge >= 0.3 is 5.97 Å². The summed E-state index contributed by atoms with van der Waals surface area (Å²) < 4.78 is 5.33. The minimum Gasteiger partial charge on any atom is -0.480 e. The number of hydrogen-bond acceptors (Lipinski definition) is 5. The molecular weight excluding hydrogens is 286 g/mol. The van der Waals surface area contributed by atoms with E-state index in [-0.39, 0.29) is 18.7 Å². The summed E-state index contributed by atoms with van der Waals surface area (Å²) >= 11 is 0. The molecule has 1 aliphatic heterocycles. The van der Waals surface area contributed by atoms with E-state index in [1.165, 1.54) is 0 Å². The van der Waals surface area contributed by atoms with Gasteiger partial charge in [0, 0.05) is 19.5 Å². The summed E-state index contributed by atoms with van der Waals surface area (Å²) in [7, 11) is 0. The van der Waals surface area contributed by atoms with Crippen LogP contribution >= 0.6 is 0 Å². The summed E-state index contributed by atoms with van der Waals surface area (Å²) in [5, 5.41) is 11.6. The van der Waals surface area contributed by atoms with Crippen LogP contribution in [0.3, 0.4) is 0 Å². The SMILES string of the molecule is N[C@@H](CCC(=O)Nc1ccccc1N1CCOCC1)C(=O)O. The highest BCUT2D eigenvalue weighted by Crippen LogP contribution is 2.26. The first-order valence-corrected chi connectivity index (χ1v) is 7.28. The molecule has 1 amide bonds. The van der Waals surface area contributed by atoms with Crippen LogP contribution in [0.5, 0.6) is 0 Å². The van der Waals surface area contributed by atoms with Gasteiger partial charge in [-0.2, -0.15) is 0 Å². The van der Waals surface area contributed by atoms with Crippen molar-refractivity contribution in [3.05, 3.63) is 24.3 Å². The Morgan fingerprint density at radius 1 is 1.32 bits per heavy atom. The topological polar surface area (TPSA) is 105 Å². The molecule has 120 valence electrons. The van der Waals surface area contributed by atoms with Crippen molar-refractivity contribution in [1.29, 1.82) is 0 Å². The molecule has 7 heteroatoms. The Morgan fingerprint density at radius 2 is 2.00 bits per heavy atom. The highest BCUT2D eigenvalue weighted by molar-refractivity contribution is 5.94. The van der Waals surface area contributed by atoms with Crippen LogP contribution < -0.4 is 16.0 Å². The van der Waals surface area contributed by atoms with Crippen molar-refractivity contribution < 1.29 is 19.4 Å². The smallest absolute Gasteiger partial charge is 0.320 e. The first kappa shape index (κ1) is 16.3. The van der Waals surface area contributed by atoms with Crippen molar-refractivity contribution in [2.24, 2.45) is 5.73 Å². The van der Waals surface area contributed by atoms with Gasteiger partial charge in [-0.25, -0.2) is 0 Å². The number of nitrogens with two attached hydrogens (primary N) is 1. The van der Waals surface area contributed by atoms with Gasteiger partial charge in [-0.1, -0.05) is 12.1 Å². The number of carbonyl (C=O) groups is 2. The zero-order valence-corrected chi connectivity index (χ0v) is 12.3. The van der Waals surface area contributed by atoms with Crippen molar-refractivity contribution in [2.75, 3.05) is 36.5 Å². The summed E-state index contributed by atoms with van der Waals surface area (Å²) in [6.45, 7) is 2.87. The summed E-state index contributed by atoms with van der Waals surface area (Å²) in [5.41, 5.74) is 7.07. The molecule has 1 saturated heterocycles. The summed E-state index contributed by atoms with van der Waals surface area (Å²) in [6, 6.07) is 6.54. The Kier molecular flexibility index (Phi) is 5.74. The molecule has 4 N–H and O–H groups in total. The second-order valence-electron chi connectivity index (χ2n) is 5.15. The average molecular weight is 307 g/mol. The fourth-order valence-corrected chi connectivity index (χ4v) is 2.28. The maximum atomic E-state index is 12.0. The van der Waals surface area contributed by atoms with Crippen molar-refractivity contribution in [3.8, 4) is 0 Å². The van der Waals surface area contributed by atoms with E-state index in [9.17, 15) is 9.59 Å². The molecule has 1 atom stereocenters. The van der Waals surface area contributed by atoms with Crippen LogP contribution in [0.2, 0.25) is 0 Å². The molecule has 0 spiro atoms. The molecule has 0 radical (unpaired) electrons. The number of carboxylic acids is 1. The molecule has 2 rings (SSSR count). The van der Waals surface area contributed by atoms with Crippen LogP contribution in [0.1, 0.15) is 12.8 Å². The zero-order chi connectivity index (χ0) is 15.9. The van der Waals surface area contributed by atoms with Crippen LogP contribution in [0.4, 0.5) is 11.4 Å². The molecule has 0 aromatic heterocycles. The van der Waals surface area contributed by atoms with E-state index in [1.54, 1.807) is 0 Å². The minimum atomic E-state index is -1.10. The van der Waals surface area contributed by atoms with E-state index in [0.29, 0.717) is 13.2 Å². The number of carboxylic acid groups (broad SMARTS) is 1. The first-order chi connectivity index (χ1) is 10.6. The van der Waals surface area contributed by atoms with Crippen LogP contribution in [0.25, 0.3) is 0 Å². The van der Waals surface area contributed by atoms with Gasteiger partial charge in [0.15, 0.2) is 0 Å². The zero-order valence-electron chi connectivity index (χ0n) is 12.3. The number of carbonyl (C=O) groups excluding carboxylic acids is 1. The first-order valence-electron chi connectivity index (χ1n) is 7.28. The Bertz CT molecular complexity index is 529. The second-order valence-corrected chi connectivity index (χ2v) is 5.15. The second kappa shape index (κ2) is 7.77. The lowest BCUT2D eigenvalue weighted by Gasteiger charge is -2.30. The summed E-state index contributed by atoms with van der Waals surface area (Å²) in [5.74, 6) is -1.33. The van der Waals surface area contributed by atoms with Crippen LogP contribution in [0.15, 0.2) is 24.3 Å². The van der Waals surface area contributed by atoms with Gasteiger partial charge < -0.3 is 25.8 Å². The van der Waals surface area contributed by atoms with Gasteiger partial charge in [0.25, 0.3) is 0 Å². The third-order valence-corrected chi connectivity index (χ3v) is 3.53. The van der Waals surface area contributed by atoms with E-state index < -0.39 is 12.0 Å². The molecule has 1 heterocycles. The van der Waals surface area contributed by atoms with E-state index in [1.807, 2.05) is 24.3 Å². The molecule has 1 aromatic rings. The molecular formula is C15H21N3O4. The third-order valence-electron chi connectivity index (χ3n) is 3.53. The molecule has 0 unspecified atom stereocenters. The van der Waals surface area contributed by atoms with Crippen molar-refractivity contribution in [1.82, 2.24) is 0 Å². The fraction of sp³-hybridized carbons (Fsp3) is 0.467. The fourth-order valence-electron chi connectivity index (χ4n) is 2.28. The minimum absolute atomic E-state index is 0.0743. The Labute approximate surface area is 129 Å². The molecule has 22 heavy (non-hydrogen) atoms. The van der Waals surface area contributed by atoms with Crippen molar-refractivity contribution in [3.63, 3.8) is 0 Å². The van der Waals surface area contributed by atoms with Gasteiger partial charge in [0.1, 0.15) is 6.04 Å². The maximum absolute atomic E-state index is 12.0. The number of hydrogen-bond donors (Lipinski definition) is 3. The van der Waals surface area contributed by atoms with Crippen molar-refractivity contribution in [2.45, 2.75) is 18.9 Å². The number of morpholine rings is 1. The van der Waals surface area contributed by atoms with Gasteiger partial charge in [-0.05, 0) is 18.6 Å². The average Bonchev–Trinajstić information content (AvgIpc) is 2.54. The van der Waals surface area contributed by atoms with Crippen molar-refractivity contribution >= 4 is 23.3 Å². The van der Waals surface area contributed by atoms with Gasteiger partial charge in [-0.15, -0.1) is 0 Å². The summed E-state index contributed by atoms with van der Waals surface area (Å²) in [4.78, 5) is 24.8. The largest absolute Gasteiger partial charge is 0.480 e. The predicted octanol–water partition coefficient (Wildman–Crippen LogP) is 0.654. The lowest BCUT2D eigenvalue weighted by Crippen LogP contribution is -2.36. The highest BCUT2D eigenvalue weighted by atomic mass is 16.5. The van der Waals surface area contributed by atoms with Crippen LogP contribution in [0, 0.1) is 0 Å². The lowest BCUT2D eigenvalue weighted by molar-refractivity contribution is -0.138. The number of nitrogens with zero attached hydrogens (tertiary/aromatic N) is 1. The highest BCUT2D eigenvalue weighted by Gasteiger charge is 2.17. The van der Waals surface area contributed by atoms with E-state index in [2.05, 4.69) is 10.2 Å². The number of aliphatic carboxylic acids is 1. The van der Waals surface area contributed by atoms with Gasteiger partial charge in [0.2, 0.25) is 5.91 Å². The lowest BCUT2D eigenvalue weighted by atomic mass is 10.1. The normalized spacial score (nSPS) is 16.1. The van der Waals surface area contributed by atoms with Gasteiger partial charge in [0.05, 0.1) is 24.6 Å². The standard InChI is InChI=1S/C15H21N3O4/c16-11(15(20)21)5-6-14(19)17-12-3-1-2-4-13(12)18-7-9-22-10-8-18/h1-4,11H,5-10,16H2,(H,17,19)(H,20,21)/t11-/m0/s1. The number of benzene rings is 1. The number of anilines is 2. The maximum Gasteiger partial charge on any atom is 0.320 e. The number of amides is 1. The summed E-state index contributed by atoms with van der Waals surface area (Å²) in [6.07, 6.45) is 0.186. The van der Waals surface area contributed by atoms with Crippen LogP contribution in [-0.2, 0) is 14.3 Å². The quantitative estimate of drug-likeness (QED) is 0.713. The number of para-hydroxylation sites is 2. The van der Waals surface area contributed by atoms with E-state index in [4.69, 9.17) is 15.6 Å². The van der Waals surface area contributed by atoms with E-state index in [0.717, 1.165) is 24.5 Å². The Balaban J connectivity index is 1.97. The number of nitrogens with one attached hydrogen (secondary N) is 1. The number of ether oxygens (including phenoxy) is 1. The van der Waals surface area contributed by atoms with Gasteiger partial charge in [-0.3, -0.25) is 9.59 Å². The Morgan fingerprint density at radius 3 is 2.68 bits per heavy atom. The molecule has 1 fully saturated rings. The molecule has 1 aromatic carbocycles. The molecule has 0 bridgehead atoms. The molecule has 1 aliphatic rings. The monoisotopic (exact) mass is 307 g/mol.